The molecule has 2 aromatic rings. The van der Waals surface area contributed by atoms with E-state index in [0.29, 0.717) is 16.5 Å². The summed E-state index contributed by atoms with van der Waals surface area (Å²) in [5, 5.41) is 14.8. The van der Waals surface area contributed by atoms with Gasteiger partial charge in [-0.2, -0.15) is 0 Å². The highest BCUT2D eigenvalue weighted by molar-refractivity contribution is 7.53. The second kappa shape index (κ2) is 10.1. The number of benzene rings is 2. The fourth-order valence-electron chi connectivity index (χ4n) is 2.27. The van der Waals surface area contributed by atoms with Crippen LogP contribution in [0.5, 0.6) is 11.5 Å². The number of nitro groups is 1. The molecule has 11 heteroatoms. The predicted octanol–water partition coefficient (Wildman–Crippen LogP) is 6.33. The van der Waals surface area contributed by atoms with Gasteiger partial charge in [-0.15, -0.1) is 0 Å². The molecule has 0 atom stereocenters. The first-order valence-electron chi connectivity index (χ1n) is 8.31. The molecule has 0 heterocycles. The fraction of sp³-hybridized carbons (Fsp3) is 0.294. The van der Waals surface area contributed by atoms with Crippen LogP contribution in [0.3, 0.4) is 0 Å². The Labute approximate surface area is 172 Å². The van der Waals surface area contributed by atoms with Crippen molar-refractivity contribution < 1.29 is 23.3 Å². The van der Waals surface area contributed by atoms with Gasteiger partial charge in [-0.1, -0.05) is 23.2 Å². The number of anilines is 1. The Morgan fingerprint density at radius 1 is 1.11 bits per heavy atom. The third-order valence-electron chi connectivity index (χ3n) is 3.40. The molecule has 2 aromatic carbocycles. The second-order valence-corrected chi connectivity index (χ2v) is 8.29. The molecule has 0 aliphatic carbocycles. The lowest BCUT2D eigenvalue weighted by atomic mass is 10.2. The summed E-state index contributed by atoms with van der Waals surface area (Å²) in [5.41, 5.74) is -0.110. The zero-order valence-electron chi connectivity index (χ0n) is 15.2. The zero-order chi connectivity index (χ0) is 20.7. The molecular weight excluding hydrogens is 430 g/mol. The van der Waals surface area contributed by atoms with Gasteiger partial charge in [-0.3, -0.25) is 14.7 Å². The van der Waals surface area contributed by atoms with E-state index >= 15 is 0 Å². The fourth-order valence-corrected chi connectivity index (χ4v) is 4.12. The van der Waals surface area contributed by atoms with Crippen LogP contribution in [0.1, 0.15) is 13.8 Å². The summed E-state index contributed by atoms with van der Waals surface area (Å²) < 4.78 is 28.6. The summed E-state index contributed by atoms with van der Waals surface area (Å²) in [6, 6.07) is 8.81. The number of ether oxygens (including phenoxy) is 1. The third kappa shape index (κ3) is 6.09. The summed E-state index contributed by atoms with van der Waals surface area (Å²) >= 11 is 11.9. The molecule has 28 heavy (non-hydrogen) atoms. The molecule has 0 saturated heterocycles. The Balaban J connectivity index is 2.27. The van der Waals surface area contributed by atoms with E-state index < -0.39 is 12.5 Å². The minimum Gasteiger partial charge on any atom is -0.456 e. The van der Waals surface area contributed by atoms with Crippen LogP contribution in [-0.4, -0.2) is 24.4 Å². The molecule has 0 aromatic heterocycles. The maximum atomic E-state index is 12.6. The van der Waals surface area contributed by atoms with Gasteiger partial charge in [0.25, 0.3) is 5.69 Å². The first-order valence-corrected chi connectivity index (χ1v) is 10.8. The van der Waals surface area contributed by atoms with Crippen LogP contribution in [0.2, 0.25) is 10.0 Å². The van der Waals surface area contributed by atoms with E-state index in [-0.39, 0.29) is 35.9 Å². The Bertz CT molecular complexity index is 886. The van der Waals surface area contributed by atoms with Crippen molar-refractivity contribution in [2.75, 3.05) is 24.8 Å². The van der Waals surface area contributed by atoms with Crippen LogP contribution in [-0.2, 0) is 13.6 Å². The largest absolute Gasteiger partial charge is 0.456 e. The molecule has 0 spiro atoms. The average Bonchev–Trinajstić information content (AvgIpc) is 2.63. The Hall–Kier alpha value is -1.83. The standard InChI is InChI=1S/C17H19Cl2N2O6P/c1-3-25-28(24,26-4-2)11-20-15-10-13(6-7-16(15)21(22)23)27-17-8-5-12(18)9-14(17)19/h5-10,20H,3-4,11H2,1-2H3. The molecule has 0 aliphatic rings. The highest BCUT2D eigenvalue weighted by Crippen LogP contribution is 2.48. The van der Waals surface area contributed by atoms with Gasteiger partial charge >= 0.3 is 7.60 Å². The van der Waals surface area contributed by atoms with Crippen LogP contribution in [0.15, 0.2) is 36.4 Å². The van der Waals surface area contributed by atoms with E-state index in [9.17, 15) is 14.7 Å². The molecule has 1 N–H and O–H groups in total. The summed E-state index contributed by atoms with van der Waals surface area (Å²) in [4.78, 5) is 10.8. The molecule has 2 rings (SSSR count). The van der Waals surface area contributed by atoms with E-state index in [1.165, 1.54) is 24.3 Å². The molecule has 0 amide bonds. The van der Waals surface area contributed by atoms with Gasteiger partial charge in [0.15, 0.2) is 0 Å². The molecule has 0 radical (unpaired) electrons. The quantitative estimate of drug-likeness (QED) is 0.257. The number of rotatable bonds is 10. The minimum absolute atomic E-state index is 0.104. The lowest BCUT2D eigenvalue weighted by Crippen LogP contribution is -2.09. The predicted molar refractivity (Wildman–Crippen MR) is 109 cm³/mol. The second-order valence-electron chi connectivity index (χ2n) is 5.39. The summed E-state index contributed by atoms with van der Waals surface area (Å²) in [6.07, 6.45) is -0.235. The lowest BCUT2D eigenvalue weighted by Gasteiger charge is -2.18. The number of hydrogen-bond acceptors (Lipinski definition) is 7. The van der Waals surface area contributed by atoms with Crippen molar-refractivity contribution in [2.45, 2.75) is 13.8 Å². The maximum Gasteiger partial charge on any atom is 0.349 e. The monoisotopic (exact) mass is 448 g/mol. The van der Waals surface area contributed by atoms with Gasteiger partial charge in [-0.25, -0.2) is 0 Å². The molecule has 0 aliphatic heterocycles. The zero-order valence-corrected chi connectivity index (χ0v) is 17.6. The first-order chi connectivity index (χ1) is 13.3. The van der Waals surface area contributed by atoms with Gasteiger partial charge in [0.05, 0.1) is 23.2 Å². The number of halogens is 2. The van der Waals surface area contributed by atoms with Crippen molar-refractivity contribution in [3.63, 3.8) is 0 Å². The summed E-state index contributed by atoms with van der Waals surface area (Å²) in [5.74, 6) is 0.625. The van der Waals surface area contributed by atoms with E-state index in [4.69, 9.17) is 37.0 Å². The first kappa shape index (κ1) is 22.5. The Kier molecular flexibility index (Phi) is 8.10. The topological polar surface area (TPSA) is 99.9 Å². The molecule has 0 fully saturated rings. The van der Waals surface area contributed by atoms with E-state index in [2.05, 4.69) is 5.32 Å². The highest BCUT2D eigenvalue weighted by atomic mass is 35.5. The van der Waals surface area contributed by atoms with Gasteiger partial charge < -0.3 is 19.1 Å². The smallest absolute Gasteiger partial charge is 0.349 e. The molecular formula is C17H19Cl2N2O6P. The maximum absolute atomic E-state index is 12.6. The number of nitrogens with one attached hydrogen (secondary N) is 1. The van der Waals surface area contributed by atoms with Gasteiger partial charge in [-0.05, 0) is 38.1 Å². The van der Waals surface area contributed by atoms with Crippen LogP contribution < -0.4 is 10.1 Å². The van der Waals surface area contributed by atoms with E-state index in [0.717, 1.165) is 0 Å². The van der Waals surface area contributed by atoms with Gasteiger partial charge in [0.1, 0.15) is 23.5 Å². The van der Waals surface area contributed by atoms with Crippen molar-refractivity contribution in [2.24, 2.45) is 0 Å². The van der Waals surface area contributed by atoms with Crippen LogP contribution in [0.25, 0.3) is 0 Å². The summed E-state index contributed by atoms with van der Waals surface area (Å²) in [7, 11) is -3.44. The lowest BCUT2D eigenvalue weighted by molar-refractivity contribution is -0.384. The molecule has 8 nitrogen and oxygen atoms in total. The molecule has 152 valence electrons. The minimum atomic E-state index is -3.44. The summed E-state index contributed by atoms with van der Waals surface area (Å²) in [6.45, 7) is 3.72. The van der Waals surface area contributed by atoms with Crippen molar-refractivity contribution in [1.29, 1.82) is 0 Å². The normalized spacial score (nSPS) is 11.3. The van der Waals surface area contributed by atoms with E-state index in [1.807, 2.05) is 0 Å². The van der Waals surface area contributed by atoms with Crippen molar-refractivity contribution in [1.82, 2.24) is 0 Å². The average molecular weight is 449 g/mol. The Morgan fingerprint density at radius 3 is 2.36 bits per heavy atom. The van der Waals surface area contributed by atoms with Crippen LogP contribution >= 0.6 is 30.8 Å². The van der Waals surface area contributed by atoms with Crippen LogP contribution in [0, 0.1) is 10.1 Å². The van der Waals surface area contributed by atoms with Gasteiger partial charge in [0.2, 0.25) is 0 Å². The number of hydrogen-bond donors (Lipinski definition) is 1. The highest BCUT2D eigenvalue weighted by Gasteiger charge is 2.25. The molecule has 0 saturated carbocycles. The molecule has 0 unspecified atom stereocenters. The number of nitrogens with zero attached hydrogens (tertiary/aromatic N) is 1. The third-order valence-corrected chi connectivity index (χ3v) is 5.78. The Morgan fingerprint density at radius 2 is 1.79 bits per heavy atom. The molecule has 0 bridgehead atoms. The van der Waals surface area contributed by atoms with Crippen molar-refractivity contribution in [3.05, 3.63) is 56.6 Å². The SMILES string of the molecule is CCOP(=O)(CNc1cc(Oc2ccc(Cl)cc2Cl)ccc1[N+](=O)[O-])OCC. The van der Waals surface area contributed by atoms with Crippen molar-refractivity contribution in [3.8, 4) is 11.5 Å². The van der Waals surface area contributed by atoms with Crippen LogP contribution in [0.4, 0.5) is 11.4 Å². The number of nitro benzene ring substituents is 1. The van der Waals surface area contributed by atoms with E-state index in [1.54, 1.807) is 26.0 Å². The van der Waals surface area contributed by atoms with Crippen molar-refractivity contribution >= 4 is 42.2 Å². The van der Waals surface area contributed by atoms with Gasteiger partial charge in [0, 0.05) is 17.2 Å².